The van der Waals surface area contributed by atoms with Crippen LogP contribution >= 0.6 is 0 Å². The molecule has 2 rings (SSSR count). The molecule has 0 amide bonds. The van der Waals surface area contributed by atoms with E-state index >= 15 is 0 Å². The van der Waals surface area contributed by atoms with Crippen LogP contribution in [0.3, 0.4) is 0 Å². The summed E-state index contributed by atoms with van der Waals surface area (Å²) in [5.74, 6) is -0.171. The molecule has 0 saturated carbocycles. The Labute approximate surface area is 135 Å². The Morgan fingerprint density at radius 1 is 1.13 bits per heavy atom. The summed E-state index contributed by atoms with van der Waals surface area (Å²) in [6.45, 7) is 3.42. The van der Waals surface area contributed by atoms with Crippen molar-refractivity contribution in [3.05, 3.63) is 71.8 Å². The van der Waals surface area contributed by atoms with Gasteiger partial charge in [0.15, 0.2) is 9.84 Å². The lowest BCUT2D eigenvalue weighted by atomic mass is 10.0. The summed E-state index contributed by atoms with van der Waals surface area (Å²) in [6.07, 6.45) is 7.15. The fourth-order valence-electron chi connectivity index (χ4n) is 1.91. The first kappa shape index (κ1) is 17.1. The van der Waals surface area contributed by atoms with Gasteiger partial charge >= 0.3 is 0 Å². The van der Waals surface area contributed by atoms with Crippen LogP contribution < -0.4 is 0 Å². The number of benzene rings is 1. The summed E-state index contributed by atoms with van der Waals surface area (Å²) in [5.41, 5.74) is 0.751. The van der Waals surface area contributed by atoms with E-state index in [1.165, 1.54) is 19.1 Å². The zero-order valence-corrected chi connectivity index (χ0v) is 13.6. The van der Waals surface area contributed by atoms with E-state index in [1.807, 2.05) is 19.1 Å². The van der Waals surface area contributed by atoms with E-state index in [1.54, 1.807) is 12.2 Å². The van der Waals surface area contributed by atoms with Crippen molar-refractivity contribution in [2.75, 3.05) is 5.75 Å². The molecule has 0 atom stereocenters. The van der Waals surface area contributed by atoms with Gasteiger partial charge in [-0.2, -0.15) is 0 Å². The van der Waals surface area contributed by atoms with Gasteiger partial charge in [0, 0.05) is 11.5 Å². The molecule has 23 heavy (non-hydrogen) atoms. The molecule has 6 heteroatoms. The van der Waals surface area contributed by atoms with E-state index in [4.69, 9.17) is 0 Å². The van der Waals surface area contributed by atoms with Crippen LogP contribution in [-0.4, -0.2) is 25.0 Å². The summed E-state index contributed by atoms with van der Waals surface area (Å²) >= 11 is 0. The van der Waals surface area contributed by atoms with Gasteiger partial charge in [0.05, 0.1) is 16.4 Å². The Morgan fingerprint density at radius 3 is 2.26 bits per heavy atom. The van der Waals surface area contributed by atoms with Crippen molar-refractivity contribution < 1.29 is 17.9 Å². The van der Waals surface area contributed by atoms with Gasteiger partial charge in [0.1, 0.15) is 5.82 Å². The van der Waals surface area contributed by atoms with Crippen LogP contribution in [0.15, 0.2) is 69.9 Å². The number of aliphatic hydroxyl groups excluding tert-OH is 1. The van der Waals surface area contributed by atoms with Crippen molar-refractivity contribution in [3.8, 4) is 0 Å². The summed E-state index contributed by atoms with van der Waals surface area (Å²) in [7, 11) is -3.66. The minimum atomic E-state index is -3.66. The number of aliphatic hydroxyl groups is 1. The van der Waals surface area contributed by atoms with Crippen molar-refractivity contribution in [1.29, 1.82) is 0 Å². The largest absolute Gasteiger partial charge is 0.493 e. The Morgan fingerprint density at radius 2 is 1.70 bits per heavy atom. The van der Waals surface area contributed by atoms with Crippen LogP contribution in [-0.2, 0) is 9.84 Å². The highest BCUT2D eigenvalue weighted by molar-refractivity contribution is 7.91. The van der Waals surface area contributed by atoms with Crippen LogP contribution in [0, 0.1) is 11.7 Å². The maximum Gasteiger partial charge on any atom is 0.211 e. The van der Waals surface area contributed by atoms with Crippen molar-refractivity contribution >= 4 is 15.5 Å². The predicted molar refractivity (Wildman–Crippen MR) is 88.4 cm³/mol. The van der Waals surface area contributed by atoms with Crippen molar-refractivity contribution in [1.82, 2.24) is 0 Å². The molecule has 1 N–H and O–H groups in total. The molecule has 0 spiro atoms. The minimum absolute atomic E-state index is 0.00128. The van der Waals surface area contributed by atoms with Gasteiger partial charge in [0.2, 0.25) is 5.88 Å². The minimum Gasteiger partial charge on any atom is -0.493 e. The third kappa shape index (κ3) is 4.63. The molecule has 121 valence electrons. The molecular formula is C17H17FNO3S. The van der Waals surface area contributed by atoms with E-state index in [-0.39, 0.29) is 22.1 Å². The zero-order valence-electron chi connectivity index (χ0n) is 12.8. The van der Waals surface area contributed by atoms with Gasteiger partial charge in [-0.3, -0.25) is 0 Å². The maximum atomic E-state index is 12.9. The average molecular weight is 334 g/mol. The van der Waals surface area contributed by atoms with Crippen LogP contribution in [0.2, 0.25) is 0 Å². The van der Waals surface area contributed by atoms with Gasteiger partial charge in [-0.1, -0.05) is 19.1 Å². The predicted octanol–water partition coefficient (Wildman–Crippen LogP) is 3.55. The molecule has 0 bridgehead atoms. The summed E-state index contributed by atoms with van der Waals surface area (Å²) in [6, 6.07) is 4.57. The van der Waals surface area contributed by atoms with Crippen molar-refractivity contribution in [3.63, 3.8) is 0 Å². The number of rotatable bonds is 4. The lowest BCUT2D eigenvalue weighted by Gasteiger charge is -2.07. The molecular weight excluding hydrogens is 317 g/mol. The lowest BCUT2D eigenvalue weighted by molar-refractivity contribution is 0.400. The molecule has 1 aromatic carbocycles. The molecule has 1 radical (unpaired) electrons. The topological polar surface area (TPSA) is 66.7 Å². The highest BCUT2D eigenvalue weighted by Crippen LogP contribution is 2.17. The number of hydrogen-bond donors (Lipinski definition) is 1. The first-order valence-corrected chi connectivity index (χ1v) is 8.58. The molecule has 1 aromatic rings. The fraction of sp³-hybridized carbons (Fsp3) is 0.176. The standard InChI is InChI=1S/C17H17FNO3S/c1-12-3-7-15(8-4-12)19-17(20)13(2)11-23(21,22)16-9-5-14(18)6-10-16/h3-10,20H,11H2,1-2H3. The first-order valence-electron chi connectivity index (χ1n) is 6.93. The Kier molecular flexibility index (Phi) is 5.15. The number of aliphatic imine (C=N–C) groups is 1. The van der Waals surface area contributed by atoms with Crippen LogP contribution in [0.1, 0.15) is 13.8 Å². The average Bonchev–Trinajstić information content (AvgIpc) is 2.49. The second kappa shape index (κ2) is 6.91. The van der Waals surface area contributed by atoms with E-state index in [9.17, 15) is 17.9 Å². The number of nitrogens with zero attached hydrogens (tertiary/aromatic N) is 1. The zero-order chi connectivity index (χ0) is 17.0. The molecule has 1 aliphatic carbocycles. The van der Waals surface area contributed by atoms with Gasteiger partial charge in [-0.15, -0.1) is 0 Å². The van der Waals surface area contributed by atoms with E-state index in [0.29, 0.717) is 5.71 Å². The van der Waals surface area contributed by atoms with Crippen molar-refractivity contribution in [2.45, 2.75) is 18.7 Å². The Hall–Kier alpha value is -2.21. The quantitative estimate of drug-likeness (QED) is 0.676. The molecule has 0 fully saturated rings. The summed E-state index contributed by atoms with van der Waals surface area (Å²) in [5, 5.41) is 9.98. The van der Waals surface area contributed by atoms with E-state index < -0.39 is 15.7 Å². The van der Waals surface area contributed by atoms with Crippen LogP contribution in [0.5, 0.6) is 0 Å². The molecule has 0 aliphatic heterocycles. The normalized spacial score (nSPS) is 16.4. The first-order chi connectivity index (χ1) is 10.8. The molecule has 0 saturated heterocycles. The molecule has 0 heterocycles. The van der Waals surface area contributed by atoms with E-state index in [2.05, 4.69) is 4.99 Å². The number of sulfone groups is 1. The number of halogens is 1. The molecule has 0 aromatic heterocycles. The molecule has 0 unspecified atom stereocenters. The smallest absolute Gasteiger partial charge is 0.211 e. The van der Waals surface area contributed by atoms with Gasteiger partial charge in [0.25, 0.3) is 0 Å². The second-order valence-electron chi connectivity index (χ2n) is 5.26. The monoisotopic (exact) mass is 334 g/mol. The maximum absolute atomic E-state index is 12.9. The van der Waals surface area contributed by atoms with Gasteiger partial charge < -0.3 is 5.11 Å². The van der Waals surface area contributed by atoms with Crippen LogP contribution in [0.25, 0.3) is 0 Å². The highest BCUT2D eigenvalue weighted by Gasteiger charge is 2.17. The summed E-state index contributed by atoms with van der Waals surface area (Å²) < 4.78 is 37.4. The number of hydrogen-bond acceptors (Lipinski definition) is 4. The highest BCUT2D eigenvalue weighted by atomic mass is 32.2. The van der Waals surface area contributed by atoms with Gasteiger partial charge in [-0.05, 0) is 43.3 Å². The fourth-order valence-corrected chi connectivity index (χ4v) is 3.33. The van der Waals surface area contributed by atoms with E-state index in [0.717, 1.165) is 18.1 Å². The third-order valence-corrected chi connectivity index (χ3v) is 5.03. The lowest BCUT2D eigenvalue weighted by Crippen LogP contribution is -2.09. The third-order valence-electron chi connectivity index (χ3n) is 3.23. The summed E-state index contributed by atoms with van der Waals surface area (Å²) in [4.78, 5) is 4.00. The SMILES string of the molecule is C[C]1C=CC(=NC(O)=C(C)CS(=O)(=O)c2ccc(F)cc2)C=C1. The Bertz CT molecular complexity index is 787. The Balaban J connectivity index is 2.21. The van der Waals surface area contributed by atoms with Crippen molar-refractivity contribution in [2.24, 2.45) is 4.99 Å². The number of allylic oxidation sites excluding steroid dienone is 4. The molecule has 1 aliphatic rings. The second-order valence-corrected chi connectivity index (χ2v) is 7.25. The van der Waals surface area contributed by atoms with Crippen LogP contribution in [0.4, 0.5) is 4.39 Å². The molecule has 4 nitrogen and oxygen atoms in total. The van der Waals surface area contributed by atoms with Gasteiger partial charge in [-0.25, -0.2) is 17.8 Å².